The average molecular weight is 487 g/mol. The number of nitrogens with zero attached hydrogens (tertiary/aromatic N) is 2. The third kappa shape index (κ3) is 3.40. The first kappa shape index (κ1) is 22.7. The predicted molar refractivity (Wildman–Crippen MR) is 132 cm³/mol. The molecule has 5 rings (SSSR count). The van der Waals surface area contributed by atoms with Crippen molar-refractivity contribution in [1.29, 1.82) is 0 Å². The van der Waals surface area contributed by atoms with Crippen LogP contribution in [0, 0.1) is 10.1 Å². The number of hydrogen-bond acceptors (Lipinski definition) is 5. The van der Waals surface area contributed by atoms with Crippen LogP contribution in [0.25, 0.3) is 10.8 Å². The number of amides is 1. The highest BCUT2D eigenvalue weighted by atomic mass is 32.2. The number of rotatable bonds is 6. The van der Waals surface area contributed by atoms with Gasteiger partial charge in [0.2, 0.25) is 5.91 Å². The maximum atomic E-state index is 13.8. The van der Waals surface area contributed by atoms with Crippen LogP contribution in [-0.4, -0.2) is 23.6 Å². The van der Waals surface area contributed by atoms with E-state index in [1.54, 1.807) is 0 Å². The number of hydrogen-bond donors (Lipinski definition) is 0. The monoisotopic (exact) mass is 486 g/mol. The molecule has 0 spiro atoms. The van der Waals surface area contributed by atoms with Crippen molar-refractivity contribution in [3.05, 3.63) is 118 Å². The molecule has 1 fully saturated rings. The lowest BCUT2D eigenvalue weighted by Crippen LogP contribution is -2.67. The fraction of sp³-hybridized carbons (Fsp3) is 0.148. The highest BCUT2D eigenvalue weighted by molar-refractivity contribution is 7.89. The second kappa shape index (κ2) is 8.32. The summed E-state index contributed by atoms with van der Waals surface area (Å²) < 4.78 is 28.4. The Labute approximate surface area is 202 Å². The van der Waals surface area contributed by atoms with Crippen LogP contribution >= 0.6 is 0 Å². The number of nitro benzene ring substituents is 1. The average Bonchev–Trinajstić information content (AvgIpc) is 2.88. The zero-order valence-electron chi connectivity index (χ0n) is 18.9. The summed E-state index contributed by atoms with van der Waals surface area (Å²) in [5.41, 5.74) is 0.176. The summed E-state index contributed by atoms with van der Waals surface area (Å²) in [5.74, 6) is -0.511. The van der Waals surface area contributed by atoms with Crippen molar-refractivity contribution in [2.24, 2.45) is 0 Å². The number of carbonyl (C=O) groups is 1. The lowest BCUT2D eigenvalue weighted by Gasteiger charge is -2.55. The summed E-state index contributed by atoms with van der Waals surface area (Å²) in [6.45, 7) is 1.88. The first-order chi connectivity index (χ1) is 16.8. The first-order valence-electron chi connectivity index (χ1n) is 11.2. The first-order valence-corrected chi connectivity index (χ1v) is 12.6. The van der Waals surface area contributed by atoms with Crippen molar-refractivity contribution in [2.45, 2.75) is 29.7 Å². The van der Waals surface area contributed by atoms with E-state index in [4.69, 9.17) is 0 Å². The number of nitro groups is 1. The van der Waals surface area contributed by atoms with Crippen molar-refractivity contribution < 1.29 is 18.1 Å². The maximum Gasteiger partial charge on any atom is 0.269 e. The summed E-state index contributed by atoms with van der Waals surface area (Å²) in [4.78, 5) is 24.1. The molecule has 4 aromatic carbocycles. The molecule has 0 bridgehead atoms. The van der Waals surface area contributed by atoms with Gasteiger partial charge in [-0.1, -0.05) is 73.7 Å². The third-order valence-electron chi connectivity index (χ3n) is 6.82. The van der Waals surface area contributed by atoms with Gasteiger partial charge < -0.3 is 0 Å². The van der Waals surface area contributed by atoms with E-state index in [1.807, 2.05) is 79.7 Å². The van der Waals surface area contributed by atoms with Gasteiger partial charge in [0.25, 0.3) is 15.7 Å². The second-order valence-electron chi connectivity index (χ2n) is 8.56. The SMILES string of the molecule is CC[C@@]1(c2ccccc2)C(=O)N(S(=O)(=O)c2ccc([N+](=O)[O-])cc2)C1c1ccc2ccccc2c1. The van der Waals surface area contributed by atoms with Crippen LogP contribution in [0.15, 0.2) is 102 Å². The van der Waals surface area contributed by atoms with Crippen LogP contribution < -0.4 is 0 Å². The van der Waals surface area contributed by atoms with Gasteiger partial charge in [0.05, 0.1) is 15.9 Å². The molecule has 1 saturated heterocycles. The standard InChI is InChI=1S/C27H22N2O5S/c1-2-27(22-10-4-3-5-11-22)25(21-13-12-19-8-6-7-9-20(19)18-21)28(26(27)30)35(33,34)24-16-14-23(15-17-24)29(31)32/h3-18,25H,2H2,1H3/t25?,27-/m0/s1. The molecule has 176 valence electrons. The molecule has 1 amide bonds. The Bertz CT molecular complexity index is 1550. The summed E-state index contributed by atoms with van der Waals surface area (Å²) in [5, 5.41) is 13.0. The molecule has 1 heterocycles. The molecule has 1 aliphatic heterocycles. The maximum absolute atomic E-state index is 13.8. The van der Waals surface area contributed by atoms with E-state index in [9.17, 15) is 23.3 Å². The van der Waals surface area contributed by atoms with Gasteiger partial charge >= 0.3 is 0 Å². The lowest BCUT2D eigenvalue weighted by molar-refractivity contribution is -0.384. The smallest absolute Gasteiger partial charge is 0.269 e. The van der Waals surface area contributed by atoms with Gasteiger partial charge in [0.15, 0.2) is 0 Å². The van der Waals surface area contributed by atoms with Crippen molar-refractivity contribution in [3.8, 4) is 0 Å². The van der Waals surface area contributed by atoms with Crippen LogP contribution in [0.4, 0.5) is 5.69 Å². The normalized spacial score (nSPS) is 20.0. The number of fused-ring (bicyclic) bond motifs is 1. The molecule has 0 aromatic heterocycles. The van der Waals surface area contributed by atoms with Crippen molar-refractivity contribution in [1.82, 2.24) is 4.31 Å². The van der Waals surface area contributed by atoms with E-state index in [1.165, 1.54) is 12.1 Å². The molecule has 1 aliphatic rings. The fourth-order valence-corrected chi connectivity index (χ4v) is 6.70. The van der Waals surface area contributed by atoms with Crippen LogP contribution in [0.3, 0.4) is 0 Å². The van der Waals surface area contributed by atoms with Gasteiger partial charge in [-0.15, -0.1) is 0 Å². The van der Waals surface area contributed by atoms with Gasteiger partial charge in [0, 0.05) is 12.1 Å². The van der Waals surface area contributed by atoms with Crippen molar-refractivity contribution in [3.63, 3.8) is 0 Å². The van der Waals surface area contributed by atoms with Crippen LogP contribution in [0.2, 0.25) is 0 Å². The highest BCUT2D eigenvalue weighted by Gasteiger charge is 2.65. The number of non-ortho nitro benzene ring substituents is 1. The minimum Gasteiger partial charge on any atom is -0.273 e. The molecule has 0 aliphatic carbocycles. The topological polar surface area (TPSA) is 97.6 Å². The molecule has 1 unspecified atom stereocenters. The Morgan fingerprint density at radius 3 is 2.14 bits per heavy atom. The Hall–Kier alpha value is -4.04. The Morgan fingerprint density at radius 2 is 1.51 bits per heavy atom. The molecule has 35 heavy (non-hydrogen) atoms. The fourth-order valence-electron chi connectivity index (χ4n) is 5.03. The van der Waals surface area contributed by atoms with Crippen LogP contribution in [0.5, 0.6) is 0 Å². The summed E-state index contributed by atoms with van der Waals surface area (Å²) >= 11 is 0. The summed E-state index contributed by atoms with van der Waals surface area (Å²) in [6, 6.07) is 26.6. The van der Waals surface area contributed by atoms with E-state index in [0.717, 1.165) is 32.8 Å². The largest absolute Gasteiger partial charge is 0.273 e. The van der Waals surface area contributed by atoms with E-state index >= 15 is 0 Å². The zero-order valence-corrected chi connectivity index (χ0v) is 19.7. The lowest BCUT2D eigenvalue weighted by atomic mass is 9.63. The van der Waals surface area contributed by atoms with E-state index < -0.39 is 32.3 Å². The summed E-state index contributed by atoms with van der Waals surface area (Å²) in [6.07, 6.45) is 0.402. The molecule has 8 heteroatoms. The number of benzene rings is 4. The Kier molecular flexibility index (Phi) is 5.40. The quantitative estimate of drug-likeness (QED) is 0.207. The summed E-state index contributed by atoms with van der Waals surface area (Å²) in [7, 11) is -4.27. The minimum atomic E-state index is -4.27. The zero-order chi connectivity index (χ0) is 24.8. The Morgan fingerprint density at radius 1 is 0.886 bits per heavy atom. The predicted octanol–water partition coefficient (Wildman–Crippen LogP) is 5.37. The van der Waals surface area contributed by atoms with Gasteiger partial charge in [-0.25, -0.2) is 12.7 Å². The molecule has 0 N–H and O–H groups in total. The number of sulfonamides is 1. The molecule has 4 aromatic rings. The molecular weight excluding hydrogens is 464 g/mol. The highest BCUT2D eigenvalue weighted by Crippen LogP contribution is 2.56. The molecule has 2 atom stereocenters. The molecule has 0 radical (unpaired) electrons. The number of carbonyl (C=O) groups excluding carboxylic acids is 1. The van der Waals surface area contributed by atoms with E-state index in [-0.39, 0.29) is 10.6 Å². The van der Waals surface area contributed by atoms with Gasteiger partial charge in [0.1, 0.15) is 5.41 Å². The Balaban J connectivity index is 1.69. The van der Waals surface area contributed by atoms with Gasteiger partial charge in [-0.3, -0.25) is 14.9 Å². The van der Waals surface area contributed by atoms with E-state index in [2.05, 4.69) is 0 Å². The molecule has 7 nitrogen and oxygen atoms in total. The molecule has 0 saturated carbocycles. The van der Waals surface area contributed by atoms with Crippen molar-refractivity contribution in [2.75, 3.05) is 0 Å². The van der Waals surface area contributed by atoms with Gasteiger partial charge in [-0.2, -0.15) is 0 Å². The molecular formula is C27H22N2O5S. The van der Waals surface area contributed by atoms with Gasteiger partial charge in [-0.05, 0) is 46.5 Å². The third-order valence-corrected chi connectivity index (χ3v) is 8.59. The number of β-lactam (4-membered cyclic amide) rings is 1. The van der Waals surface area contributed by atoms with E-state index in [0.29, 0.717) is 12.0 Å². The van der Waals surface area contributed by atoms with Crippen LogP contribution in [0.1, 0.15) is 30.5 Å². The second-order valence-corrected chi connectivity index (χ2v) is 10.4. The minimum absolute atomic E-state index is 0.167. The van der Waals surface area contributed by atoms with Crippen LogP contribution in [-0.2, 0) is 20.2 Å². The van der Waals surface area contributed by atoms with Crippen molar-refractivity contribution >= 4 is 32.4 Å².